The van der Waals surface area contributed by atoms with Gasteiger partial charge >= 0.3 is 5.97 Å². The second kappa shape index (κ2) is 7.66. The first kappa shape index (κ1) is 17.4. The number of methoxy groups -OCH3 is 1. The third-order valence-corrected chi connectivity index (χ3v) is 3.99. The van der Waals surface area contributed by atoms with Gasteiger partial charge in [-0.3, -0.25) is 4.79 Å². The Labute approximate surface area is 152 Å². The number of ketones is 1. The number of hydrogen-bond donors (Lipinski definition) is 0. The Balaban J connectivity index is 1.85. The minimum atomic E-state index is -0.482. The van der Waals surface area contributed by atoms with Crippen LogP contribution in [0.2, 0.25) is 0 Å². The van der Waals surface area contributed by atoms with Crippen molar-refractivity contribution in [1.29, 1.82) is 0 Å². The average molecular weight is 346 g/mol. The molecule has 0 bridgehead atoms. The molecule has 0 radical (unpaired) electrons. The number of carbonyl (C=O) groups excluding carboxylic acids is 2. The minimum absolute atomic E-state index is 0.0485. The molecule has 3 rings (SSSR count). The molecular weight excluding hydrogens is 328 g/mol. The third kappa shape index (κ3) is 3.81. The molecule has 4 heteroatoms. The van der Waals surface area contributed by atoms with Gasteiger partial charge in [-0.05, 0) is 42.8 Å². The summed E-state index contributed by atoms with van der Waals surface area (Å²) in [4.78, 5) is 23.7. The van der Waals surface area contributed by atoms with Crippen molar-refractivity contribution in [2.75, 3.05) is 7.11 Å². The number of rotatable bonds is 5. The van der Waals surface area contributed by atoms with Gasteiger partial charge in [0.05, 0.1) is 12.7 Å². The molecule has 0 aliphatic rings. The summed E-state index contributed by atoms with van der Waals surface area (Å²) in [5.41, 5.74) is 2.74. The van der Waals surface area contributed by atoms with Gasteiger partial charge in [-0.25, -0.2) is 4.79 Å². The highest BCUT2D eigenvalue weighted by Gasteiger charge is 2.12. The summed E-state index contributed by atoms with van der Waals surface area (Å²) >= 11 is 0. The van der Waals surface area contributed by atoms with Gasteiger partial charge in [0.2, 0.25) is 0 Å². The van der Waals surface area contributed by atoms with Gasteiger partial charge in [-0.15, -0.1) is 0 Å². The molecule has 4 nitrogen and oxygen atoms in total. The Bertz CT molecular complexity index is 928. The van der Waals surface area contributed by atoms with E-state index in [0.717, 1.165) is 11.1 Å². The number of ether oxygens (including phenoxy) is 2. The van der Waals surface area contributed by atoms with Gasteiger partial charge in [0.1, 0.15) is 11.5 Å². The second-order valence-electron chi connectivity index (χ2n) is 5.75. The Morgan fingerprint density at radius 1 is 0.808 bits per heavy atom. The van der Waals surface area contributed by atoms with Crippen LogP contribution in [-0.2, 0) is 0 Å². The Kier molecular flexibility index (Phi) is 5.13. The molecule has 0 amide bonds. The van der Waals surface area contributed by atoms with Crippen LogP contribution in [0.15, 0.2) is 72.8 Å². The van der Waals surface area contributed by atoms with E-state index in [1.165, 1.54) is 6.92 Å². The maximum Gasteiger partial charge on any atom is 0.343 e. The third-order valence-electron chi connectivity index (χ3n) is 3.99. The number of carbonyl (C=O) groups is 2. The molecule has 26 heavy (non-hydrogen) atoms. The molecule has 0 aliphatic carbocycles. The fraction of sp³-hybridized carbons (Fsp3) is 0.0909. The van der Waals surface area contributed by atoms with Crippen molar-refractivity contribution >= 4 is 11.8 Å². The number of benzene rings is 3. The van der Waals surface area contributed by atoms with Crippen LogP contribution < -0.4 is 9.47 Å². The predicted octanol–water partition coefficient (Wildman–Crippen LogP) is 4.78. The lowest BCUT2D eigenvalue weighted by molar-refractivity contribution is 0.0734. The van der Waals surface area contributed by atoms with Crippen molar-refractivity contribution in [1.82, 2.24) is 0 Å². The van der Waals surface area contributed by atoms with Crippen molar-refractivity contribution < 1.29 is 19.1 Å². The molecule has 0 N–H and O–H groups in total. The molecule has 0 fully saturated rings. The lowest BCUT2D eigenvalue weighted by Gasteiger charge is -2.11. The zero-order chi connectivity index (χ0) is 18.5. The lowest BCUT2D eigenvalue weighted by atomic mass is 10.0. The fourth-order valence-electron chi connectivity index (χ4n) is 2.60. The largest absolute Gasteiger partial charge is 0.496 e. The molecule has 0 aliphatic heterocycles. The van der Waals surface area contributed by atoms with Crippen LogP contribution in [0, 0.1) is 0 Å². The highest BCUT2D eigenvalue weighted by molar-refractivity contribution is 5.96. The zero-order valence-corrected chi connectivity index (χ0v) is 14.6. The van der Waals surface area contributed by atoms with Crippen LogP contribution in [0.4, 0.5) is 0 Å². The molecular formula is C22H18O4. The molecule has 0 unspecified atom stereocenters. The standard InChI is InChI=1S/C22H18O4/c1-15(23)16-8-10-18(11-9-16)22(24)26-19-12-13-21(25-2)20(14-19)17-6-4-3-5-7-17/h3-14H,1-2H3. The van der Waals surface area contributed by atoms with Crippen LogP contribution in [0.3, 0.4) is 0 Å². The van der Waals surface area contributed by atoms with Crippen molar-refractivity contribution in [3.8, 4) is 22.6 Å². The van der Waals surface area contributed by atoms with Crippen LogP contribution in [0.1, 0.15) is 27.6 Å². The number of hydrogen-bond acceptors (Lipinski definition) is 4. The van der Waals surface area contributed by atoms with Crippen molar-refractivity contribution in [2.45, 2.75) is 6.92 Å². The topological polar surface area (TPSA) is 52.6 Å². The Morgan fingerprint density at radius 2 is 1.46 bits per heavy atom. The monoisotopic (exact) mass is 346 g/mol. The van der Waals surface area contributed by atoms with E-state index in [9.17, 15) is 9.59 Å². The zero-order valence-electron chi connectivity index (χ0n) is 14.6. The summed E-state index contributed by atoms with van der Waals surface area (Å²) < 4.78 is 10.9. The smallest absolute Gasteiger partial charge is 0.343 e. The first-order chi connectivity index (χ1) is 12.6. The minimum Gasteiger partial charge on any atom is -0.496 e. The summed E-state index contributed by atoms with van der Waals surface area (Å²) in [6, 6.07) is 21.4. The molecule has 3 aromatic carbocycles. The van der Waals surface area contributed by atoms with E-state index >= 15 is 0 Å². The molecule has 3 aromatic rings. The van der Waals surface area contributed by atoms with E-state index in [2.05, 4.69) is 0 Å². The Morgan fingerprint density at radius 3 is 2.08 bits per heavy atom. The number of Topliss-reactive ketones (excluding diaryl/α,β-unsaturated/α-hetero) is 1. The maximum atomic E-state index is 12.4. The summed E-state index contributed by atoms with van der Waals surface area (Å²) in [5, 5.41) is 0. The van der Waals surface area contributed by atoms with Crippen molar-refractivity contribution in [2.24, 2.45) is 0 Å². The first-order valence-electron chi connectivity index (χ1n) is 8.15. The van der Waals surface area contributed by atoms with E-state index in [4.69, 9.17) is 9.47 Å². The highest BCUT2D eigenvalue weighted by Crippen LogP contribution is 2.33. The van der Waals surface area contributed by atoms with Gasteiger partial charge in [0, 0.05) is 11.1 Å². The van der Waals surface area contributed by atoms with E-state index in [1.807, 2.05) is 30.3 Å². The van der Waals surface area contributed by atoms with Crippen molar-refractivity contribution in [3.05, 3.63) is 83.9 Å². The molecule has 0 aromatic heterocycles. The number of esters is 1. The van der Waals surface area contributed by atoms with Gasteiger partial charge in [0.15, 0.2) is 5.78 Å². The summed E-state index contributed by atoms with van der Waals surface area (Å²) in [6.07, 6.45) is 0. The quantitative estimate of drug-likeness (QED) is 0.379. The second-order valence-corrected chi connectivity index (χ2v) is 5.75. The highest BCUT2D eigenvalue weighted by atomic mass is 16.5. The van der Waals surface area contributed by atoms with Gasteiger partial charge < -0.3 is 9.47 Å². The fourth-order valence-corrected chi connectivity index (χ4v) is 2.60. The van der Waals surface area contributed by atoms with Gasteiger partial charge in [-0.1, -0.05) is 42.5 Å². The Hall–Kier alpha value is -3.40. The van der Waals surface area contributed by atoms with Crippen LogP contribution in [0.5, 0.6) is 11.5 Å². The van der Waals surface area contributed by atoms with E-state index < -0.39 is 5.97 Å². The molecule has 0 saturated carbocycles. The van der Waals surface area contributed by atoms with E-state index in [1.54, 1.807) is 49.6 Å². The van der Waals surface area contributed by atoms with Gasteiger partial charge in [0.25, 0.3) is 0 Å². The molecule has 0 atom stereocenters. The van der Waals surface area contributed by atoms with Crippen LogP contribution in [0.25, 0.3) is 11.1 Å². The van der Waals surface area contributed by atoms with Crippen molar-refractivity contribution in [3.63, 3.8) is 0 Å². The summed E-state index contributed by atoms with van der Waals surface area (Å²) in [6.45, 7) is 1.48. The molecule has 0 saturated heterocycles. The lowest BCUT2D eigenvalue weighted by Crippen LogP contribution is -2.09. The first-order valence-corrected chi connectivity index (χ1v) is 8.15. The average Bonchev–Trinajstić information content (AvgIpc) is 2.68. The van der Waals surface area contributed by atoms with Crippen LogP contribution in [-0.4, -0.2) is 18.9 Å². The summed E-state index contributed by atoms with van der Waals surface area (Å²) in [5.74, 6) is 0.587. The molecule has 0 heterocycles. The molecule has 0 spiro atoms. The normalized spacial score (nSPS) is 10.2. The summed E-state index contributed by atoms with van der Waals surface area (Å²) in [7, 11) is 1.60. The maximum absolute atomic E-state index is 12.4. The van der Waals surface area contributed by atoms with E-state index in [0.29, 0.717) is 22.6 Å². The molecule has 130 valence electrons. The van der Waals surface area contributed by atoms with Crippen LogP contribution >= 0.6 is 0 Å². The van der Waals surface area contributed by atoms with E-state index in [-0.39, 0.29) is 5.78 Å². The SMILES string of the molecule is COc1ccc(OC(=O)c2ccc(C(C)=O)cc2)cc1-c1ccccc1. The van der Waals surface area contributed by atoms with Gasteiger partial charge in [-0.2, -0.15) is 0 Å². The predicted molar refractivity (Wildman–Crippen MR) is 99.8 cm³/mol.